The van der Waals surface area contributed by atoms with Gasteiger partial charge in [0.15, 0.2) is 0 Å². The number of hydrogen-bond acceptors (Lipinski definition) is 5. The molecular weight excluding hydrogens is 1130 g/mol. The van der Waals surface area contributed by atoms with Crippen molar-refractivity contribution in [2.24, 2.45) is 0 Å². The van der Waals surface area contributed by atoms with Gasteiger partial charge in [0.2, 0.25) is 0 Å². The quantitative estimate of drug-likeness (QED) is 0.117. The molecule has 2 aliphatic carbocycles. The van der Waals surface area contributed by atoms with E-state index < -0.39 is 28.5 Å². The third-order valence-electron chi connectivity index (χ3n) is 17.2. The standard InChI is InChI=1S/C70H69BN5O.Pt/c1-66(2,3)48-31-37-72-63(41-48)76-59-22-13-12-21-52(59)53-28-27-51(43-62(53)76)77-50-20-18-19-49(42-50)74-45-75(61-24-15-14-23-60(61)74)65-54(46-25-29-55-57(39-46)69(8,9)34-32-67(55,4)5)44-73-38-17-16-36-71(73)64(65)47-26-30-56-58(40-47)70(10,11)35-33-68(56,6)7;/h12-31,36-41,44-45H,32-35H2,1-11H3;/q-3;/i25D,26D,29D,30D,39D,40D;. The van der Waals surface area contributed by atoms with Gasteiger partial charge < -0.3 is 23.9 Å². The van der Waals surface area contributed by atoms with Gasteiger partial charge in [-0.05, 0) is 145 Å². The molecule has 5 heterocycles. The van der Waals surface area contributed by atoms with Crippen molar-refractivity contribution in [2.45, 2.75) is 129 Å². The maximum absolute atomic E-state index is 10.5. The first-order chi connectivity index (χ1) is 39.3. The monoisotopic (exact) mass is 1210 g/mol. The maximum atomic E-state index is 10.5. The second-order valence-corrected chi connectivity index (χ2v) is 25.4. The maximum Gasteiger partial charge on any atom is 0.322 e. The van der Waals surface area contributed by atoms with Gasteiger partial charge in [-0.25, -0.2) is 4.98 Å². The Hall–Kier alpha value is -6.82. The minimum absolute atomic E-state index is 0. The molecule has 8 heteroatoms. The molecule has 2 aromatic heterocycles. The topological polar surface area (TPSA) is 36.8 Å². The molecule has 0 unspecified atom stereocenters. The van der Waals surface area contributed by atoms with Gasteiger partial charge in [-0.3, -0.25) is 0 Å². The van der Waals surface area contributed by atoms with E-state index in [0.717, 1.165) is 86.9 Å². The second kappa shape index (κ2) is 18.7. The number of ether oxygens (including phenoxy) is 1. The molecule has 396 valence electrons. The number of aromatic nitrogens is 2. The van der Waals surface area contributed by atoms with Crippen LogP contribution in [0.5, 0.6) is 11.5 Å². The van der Waals surface area contributed by atoms with E-state index in [2.05, 4.69) is 145 Å². The third kappa shape index (κ3) is 8.62. The van der Waals surface area contributed by atoms with Crippen LogP contribution in [0.3, 0.4) is 0 Å². The number of anilines is 3. The van der Waals surface area contributed by atoms with E-state index >= 15 is 0 Å². The number of allylic oxidation sites excluding steroid dienone is 3. The Morgan fingerprint density at radius 1 is 0.654 bits per heavy atom. The first-order valence-electron chi connectivity index (χ1n) is 30.3. The van der Waals surface area contributed by atoms with Crippen LogP contribution in [-0.4, -0.2) is 21.2 Å². The summed E-state index contributed by atoms with van der Waals surface area (Å²) in [4.78, 5) is 11.1. The molecule has 0 N–H and O–H groups in total. The molecule has 0 spiro atoms. The van der Waals surface area contributed by atoms with Crippen LogP contribution < -0.4 is 14.5 Å². The summed E-state index contributed by atoms with van der Waals surface area (Å²) in [6, 6.07) is 38.3. The van der Waals surface area contributed by atoms with Gasteiger partial charge in [-0.2, -0.15) is 12.1 Å². The molecule has 0 saturated carbocycles. The number of para-hydroxylation sites is 3. The van der Waals surface area contributed by atoms with Crippen molar-refractivity contribution in [1.29, 1.82) is 0 Å². The molecule has 0 fully saturated rings. The molecule has 0 bridgehead atoms. The third-order valence-corrected chi connectivity index (χ3v) is 17.2. The first-order valence-corrected chi connectivity index (χ1v) is 27.3. The summed E-state index contributed by atoms with van der Waals surface area (Å²) in [5, 5.41) is 2.11. The molecule has 3 aliphatic heterocycles. The number of nitrogens with zero attached hydrogens (tertiary/aromatic N) is 5. The molecule has 0 radical (unpaired) electrons. The van der Waals surface area contributed by atoms with Gasteiger partial charge in [-0.15, -0.1) is 48.1 Å². The van der Waals surface area contributed by atoms with E-state index in [0.29, 0.717) is 45.1 Å². The average molecular weight is 1210 g/mol. The van der Waals surface area contributed by atoms with Gasteiger partial charge in [-0.1, -0.05) is 160 Å². The summed E-state index contributed by atoms with van der Waals surface area (Å²) in [5.41, 5.74) is 8.79. The van der Waals surface area contributed by atoms with E-state index in [4.69, 9.17) is 9.72 Å². The molecule has 8 aromatic rings. The molecule has 0 saturated heterocycles. The van der Waals surface area contributed by atoms with Crippen LogP contribution in [0.25, 0.3) is 38.7 Å². The van der Waals surface area contributed by atoms with Crippen molar-refractivity contribution < 1.29 is 34.0 Å². The average Bonchev–Trinajstić information content (AvgIpc) is 0.835. The Balaban J connectivity index is 0.00000694. The number of rotatable bonds is 7. The molecule has 13 rings (SSSR count). The first kappa shape index (κ1) is 45.1. The molecular formula is C70H69BN5OPt-3. The Kier molecular flexibility index (Phi) is 10.8. The van der Waals surface area contributed by atoms with Gasteiger partial charge in [0, 0.05) is 73.1 Å². The van der Waals surface area contributed by atoms with Gasteiger partial charge in [0.25, 0.3) is 0 Å². The van der Waals surface area contributed by atoms with Crippen molar-refractivity contribution in [1.82, 2.24) is 14.4 Å². The van der Waals surface area contributed by atoms with E-state index in [1.165, 1.54) is 5.56 Å². The van der Waals surface area contributed by atoms with Crippen molar-refractivity contribution in [2.75, 3.05) is 9.80 Å². The number of fused-ring (bicyclic) bond motifs is 7. The van der Waals surface area contributed by atoms with Crippen molar-refractivity contribution >= 4 is 56.8 Å². The molecule has 6 aromatic carbocycles. The van der Waals surface area contributed by atoms with Crippen LogP contribution in [0.15, 0.2) is 170 Å². The Bertz CT molecular complexity index is 4220. The van der Waals surface area contributed by atoms with Crippen molar-refractivity contribution in [3.05, 3.63) is 227 Å². The molecule has 78 heavy (non-hydrogen) atoms. The van der Waals surface area contributed by atoms with Crippen LogP contribution >= 0.6 is 0 Å². The fourth-order valence-electron chi connectivity index (χ4n) is 12.4. The summed E-state index contributed by atoms with van der Waals surface area (Å²) in [7, 11) is 0. The molecule has 0 atom stereocenters. The Labute approximate surface area is 486 Å². The smallest absolute Gasteiger partial charge is 0.322 e. The molecule has 0 amide bonds. The predicted molar refractivity (Wildman–Crippen MR) is 321 cm³/mol. The fraction of sp³-hybridized carbons (Fsp3) is 0.286. The van der Waals surface area contributed by atoms with Gasteiger partial charge in [0.05, 0.1) is 8.22 Å². The zero-order chi connectivity index (χ0) is 58.6. The normalized spacial score (nSPS) is 19.7. The van der Waals surface area contributed by atoms with Crippen molar-refractivity contribution in [3.63, 3.8) is 0 Å². The minimum atomic E-state index is -0.556. The summed E-state index contributed by atoms with van der Waals surface area (Å²) >= 11 is 0. The van der Waals surface area contributed by atoms with E-state index in [1.807, 2.05) is 96.8 Å². The summed E-state index contributed by atoms with van der Waals surface area (Å²) < 4.78 is 70.1. The Morgan fingerprint density at radius 2 is 1.28 bits per heavy atom. The SMILES string of the molecule is [2H]c1c([2H])c2c(c([2H])c1C1=CN3C=CC=CB3C(c3c([2H])c([2H])c4c(c3[2H])C(C)(C)CCC4(C)C)=C1N1[CH-]N(c3[c-]c(Oc4[c-]c5c(cc4)c4ccccc4n5-c4cc(C(C)(C)C)ccn4)ccc3)c3ccccc31)C(C)(C)CCC2(C)C.[Pt]. The molecule has 6 nitrogen and oxygen atoms in total. The van der Waals surface area contributed by atoms with Crippen LogP contribution in [0.1, 0.15) is 149 Å². The Morgan fingerprint density at radius 3 is 1.99 bits per heavy atom. The minimum Gasteiger partial charge on any atom is -0.509 e. The second-order valence-electron chi connectivity index (χ2n) is 25.4. The van der Waals surface area contributed by atoms with Crippen LogP contribution in [0.2, 0.25) is 0 Å². The van der Waals surface area contributed by atoms with Crippen LogP contribution in [0, 0.1) is 18.8 Å². The fourth-order valence-corrected chi connectivity index (χ4v) is 12.4. The summed E-state index contributed by atoms with van der Waals surface area (Å²) in [6.07, 6.45) is 13.0. The predicted octanol–water partition coefficient (Wildman–Crippen LogP) is 17.6. The number of pyridine rings is 1. The van der Waals surface area contributed by atoms with Crippen LogP contribution in [0.4, 0.5) is 17.1 Å². The number of hydrogen-bond donors (Lipinski definition) is 0. The van der Waals surface area contributed by atoms with Crippen LogP contribution in [-0.2, 0) is 48.1 Å². The van der Waals surface area contributed by atoms with Crippen molar-refractivity contribution in [3.8, 4) is 17.3 Å². The van der Waals surface area contributed by atoms with E-state index in [9.17, 15) is 8.22 Å². The van der Waals surface area contributed by atoms with E-state index in [-0.39, 0.29) is 62.7 Å². The largest absolute Gasteiger partial charge is 0.509 e. The molecule has 5 aliphatic rings. The zero-order valence-corrected chi connectivity index (χ0v) is 48.8. The summed E-state index contributed by atoms with van der Waals surface area (Å²) in [5.74, 6) is 3.84. The summed E-state index contributed by atoms with van der Waals surface area (Å²) in [6.45, 7) is 25.2. The van der Waals surface area contributed by atoms with Gasteiger partial charge >= 0.3 is 6.85 Å². The van der Waals surface area contributed by atoms with E-state index in [1.54, 1.807) is 0 Å². The number of benzene rings is 6. The van der Waals surface area contributed by atoms with Gasteiger partial charge in [0.1, 0.15) is 5.82 Å². The zero-order valence-electron chi connectivity index (χ0n) is 52.6.